The Morgan fingerprint density at radius 2 is 1.94 bits per heavy atom. The molecule has 1 heterocycles. The normalized spacial score (nSPS) is 15.7. The molecule has 2 rings (SSSR count). The smallest absolute Gasteiger partial charge is 0.395 e. The Bertz CT molecular complexity index is 463. The SMILES string of the molecule is NC(=O)CCCCc1ccc2c(c1)OC(F)(F)O2. The maximum atomic E-state index is 12.8. The summed E-state index contributed by atoms with van der Waals surface area (Å²) >= 11 is 0. The Morgan fingerprint density at radius 3 is 2.67 bits per heavy atom. The van der Waals surface area contributed by atoms with Gasteiger partial charge in [0.1, 0.15) is 0 Å². The molecule has 98 valence electrons. The summed E-state index contributed by atoms with van der Waals surface area (Å²) in [6, 6.07) is 4.69. The quantitative estimate of drug-likeness (QED) is 0.822. The maximum absolute atomic E-state index is 12.8. The van der Waals surface area contributed by atoms with E-state index in [-0.39, 0.29) is 17.4 Å². The highest BCUT2D eigenvalue weighted by Crippen LogP contribution is 2.41. The third-order valence-electron chi connectivity index (χ3n) is 2.60. The summed E-state index contributed by atoms with van der Waals surface area (Å²) in [6.07, 6.45) is -1.12. The van der Waals surface area contributed by atoms with Gasteiger partial charge in [-0.3, -0.25) is 4.79 Å². The van der Waals surface area contributed by atoms with Crippen LogP contribution in [-0.2, 0) is 11.2 Å². The Kier molecular flexibility index (Phi) is 3.36. The zero-order valence-electron chi connectivity index (χ0n) is 9.62. The summed E-state index contributed by atoms with van der Waals surface area (Å²) in [4.78, 5) is 10.5. The van der Waals surface area contributed by atoms with Crippen LogP contribution < -0.4 is 15.2 Å². The molecule has 0 saturated carbocycles. The van der Waals surface area contributed by atoms with Gasteiger partial charge in [-0.1, -0.05) is 6.07 Å². The van der Waals surface area contributed by atoms with Crippen molar-refractivity contribution in [3.63, 3.8) is 0 Å². The van der Waals surface area contributed by atoms with Crippen molar-refractivity contribution < 1.29 is 23.0 Å². The summed E-state index contributed by atoms with van der Waals surface area (Å²) in [6.45, 7) is 0. The second kappa shape index (κ2) is 4.80. The fourth-order valence-electron chi connectivity index (χ4n) is 1.78. The lowest BCUT2D eigenvalue weighted by atomic mass is 10.1. The minimum atomic E-state index is -3.58. The molecule has 1 aromatic rings. The average molecular weight is 257 g/mol. The largest absolute Gasteiger partial charge is 0.586 e. The van der Waals surface area contributed by atoms with Gasteiger partial charge >= 0.3 is 6.29 Å². The van der Waals surface area contributed by atoms with Crippen molar-refractivity contribution in [2.75, 3.05) is 0 Å². The van der Waals surface area contributed by atoms with Gasteiger partial charge in [-0.2, -0.15) is 0 Å². The van der Waals surface area contributed by atoms with Gasteiger partial charge in [0.15, 0.2) is 11.5 Å². The molecule has 0 fully saturated rings. The van der Waals surface area contributed by atoms with Crippen molar-refractivity contribution in [1.82, 2.24) is 0 Å². The molecule has 1 aliphatic heterocycles. The number of primary amides is 1. The number of alkyl halides is 2. The van der Waals surface area contributed by atoms with Crippen LogP contribution in [0.1, 0.15) is 24.8 Å². The number of hydrogen-bond acceptors (Lipinski definition) is 3. The van der Waals surface area contributed by atoms with Crippen LogP contribution in [-0.4, -0.2) is 12.2 Å². The van der Waals surface area contributed by atoms with E-state index in [0.29, 0.717) is 19.3 Å². The van der Waals surface area contributed by atoms with E-state index >= 15 is 0 Å². The van der Waals surface area contributed by atoms with Crippen LogP contribution in [0.3, 0.4) is 0 Å². The van der Waals surface area contributed by atoms with Crippen LogP contribution in [0.15, 0.2) is 18.2 Å². The highest BCUT2D eigenvalue weighted by Gasteiger charge is 2.43. The van der Waals surface area contributed by atoms with E-state index in [0.717, 1.165) is 12.0 Å². The molecule has 1 amide bonds. The molecule has 1 aromatic carbocycles. The molecule has 0 unspecified atom stereocenters. The zero-order chi connectivity index (χ0) is 13.2. The van der Waals surface area contributed by atoms with E-state index in [1.165, 1.54) is 12.1 Å². The number of amides is 1. The number of benzene rings is 1. The van der Waals surface area contributed by atoms with E-state index in [1.54, 1.807) is 6.07 Å². The lowest BCUT2D eigenvalue weighted by Gasteiger charge is -2.04. The second-order valence-electron chi connectivity index (χ2n) is 4.12. The third kappa shape index (κ3) is 3.09. The van der Waals surface area contributed by atoms with Gasteiger partial charge in [-0.05, 0) is 37.0 Å². The van der Waals surface area contributed by atoms with E-state index in [2.05, 4.69) is 9.47 Å². The number of fused-ring (bicyclic) bond motifs is 1. The van der Waals surface area contributed by atoms with E-state index in [4.69, 9.17) is 5.73 Å². The number of ether oxygens (including phenoxy) is 2. The van der Waals surface area contributed by atoms with Crippen molar-refractivity contribution in [2.24, 2.45) is 5.73 Å². The van der Waals surface area contributed by atoms with Crippen LogP contribution in [0.4, 0.5) is 8.78 Å². The third-order valence-corrected chi connectivity index (χ3v) is 2.60. The lowest BCUT2D eigenvalue weighted by Crippen LogP contribution is -2.25. The van der Waals surface area contributed by atoms with Crippen LogP contribution in [0.25, 0.3) is 0 Å². The monoisotopic (exact) mass is 257 g/mol. The standard InChI is InChI=1S/C12H13F2NO3/c13-12(14)17-9-6-5-8(7-10(9)18-12)3-1-2-4-11(15)16/h5-7H,1-4H2,(H2,15,16). The number of hydrogen-bond donors (Lipinski definition) is 1. The Hall–Kier alpha value is -1.85. The Balaban J connectivity index is 1.91. The van der Waals surface area contributed by atoms with Gasteiger partial charge in [0.25, 0.3) is 0 Å². The molecule has 1 aliphatic rings. The number of carbonyl (C=O) groups excluding carboxylic acids is 1. The van der Waals surface area contributed by atoms with Crippen molar-refractivity contribution in [2.45, 2.75) is 32.0 Å². The second-order valence-corrected chi connectivity index (χ2v) is 4.12. The molecule has 0 spiro atoms. The number of nitrogens with two attached hydrogens (primary N) is 1. The van der Waals surface area contributed by atoms with Crippen molar-refractivity contribution in [3.8, 4) is 11.5 Å². The minimum Gasteiger partial charge on any atom is -0.395 e. The van der Waals surface area contributed by atoms with E-state index in [9.17, 15) is 13.6 Å². The maximum Gasteiger partial charge on any atom is 0.586 e. The Morgan fingerprint density at radius 1 is 1.22 bits per heavy atom. The summed E-state index contributed by atoms with van der Waals surface area (Å²) in [7, 11) is 0. The molecule has 18 heavy (non-hydrogen) atoms. The van der Waals surface area contributed by atoms with Crippen molar-refractivity contribution in [1.29, 1.82) is 0 Å². The summed E-state index contributed by atoms with van der Waals surface area (Å²) in [5.74, 6) is -0.242. The number of carbonyl (C=O) groups is 1. The van der Waals surface area contributed by atoms with E-state index in [1.807, 2.05) is 0 Å². The molecule has 0 atom stereocenters. The van der Waals surface area contributed by atoms with Crippen LogP contribution in [0, 0.1) is 0 Å². The first-order valence-corrected chi connectivity index (χ1v) is 5.63. The predicted molar refractivity (Wildman–Crippen MR) is 59.4 cm³/mol. The molecule has 0 aliphatic carbocycles. The van der Waals surface area contributed by atoms with Gasteiger partial charge in [-0.15, -0.1) is 8.78 Å². The fourth-order valence-corrected chi connectivity index (χ4v) is 1.78. The fraction of sp³-hybridized carbons (Fsp3) is 0.417. The van der Waals surface area contributed by atoms with Gasteiger partial charge in [0.05, 0.1) is 0 Å². The highest BCUT2D eigenvalue weighted by molar-refractivity contribution is 5.73. The molecular weight excluding hydrogens is 244 g/mol. The van der Waals surface area contributed by atoms with E-state index < -0.39 is 6.29 Å². The molecule has 0 saturated heterocycles. The van der Waals surface area contributed by atoms with Gasteiger partial charge in [0.2, 0.25) is 5.91 Å². The first kappa shape index (κ1) is 12.6. The molecular formula is C12H13F2NO3. The number of halogens is 2. The first-order chi connectivity index (χ1) is 8.46. The average Bonchev–Trinajstić information content (AvgIpc) is 2.57. The van der Waals surface area contributed by atoms with Crippen LogP contribution >= 0.6 is 0 Å². The van der Waals surface area contributed by atoms with Crippen molar-refractivity contribution >= 4 is 5.91 Å². The van der Waals surface area contributed by atoms with Gasteiger partial charge in [0, 0.05) is 6.42 Å². The number of rotatable bonds is 5. The zero-order valence-corrected chi connectivity index (χ0v) is 9.62. The highest BCUT2D eigenvalue weighted by atomic mass is 19.3. The molecule has 0 radical (unpaired) electrons. The first-order valence-electron chi connectivity index (χ1n) is 5.63. The molecule has 6 heteroatoms. The summed E-state index contributed by atoms with van der Waals surface area (Å²) < 4.78 is 34.2. The van der Waals surface area contributed by atoms with Crippen LogP contribution in [0.5, 0.6) is 11.5 Å². The molecule has 2 N–H and O–H groups in total. The minimum absolute atomic E-state index is 0.0425. The number of aryl methyl sites for hydroxylation is 1. The van der Waals surface area contributed by atoms with Crippen molar-refractivity contribution in [3.05, 3.63) is 23.8 Å². The topological polar surface area (TPSA) is 61.6 Å². The molecule has 0 aromatic heterocycles. The summed E-state index contributed by atoms with van der Waals surface area (Å²) in [5.41, 5.74) is 5.88. The number of unbranched alkanes of at least 4 members (excludes halogenated alkanes) is 1. The van der Waals surface area contributed by atoms with Gasteiger partial charge < -0.3 is 15.2 Å². The molecule has 4 nitrogen and oxygen atoms in total. The Labute approximate surface area is 103 Å². The molecule has 0 bridgehead atoms. The summed E-state index contributed by atoms with van der Waals surface area (Å²) in [5, 5.41) is 0. The predicted octanol–water partition coefficient (Wildman–Crippen LogP) is 2.21. The lowest BCUT2D eigenvalue weighted by molar-refractivity contribution is -0.286. The van der Waals surface area contributed by atoms with Crippen LogP contribution in [0.2, 0.25) is 0 Å². The van der Waals surface area contributed by atoms with Gasteiger partial charge in [-0.25, -0.2) is 0 Å².